The Morgan fingerprint density at radius 2 is 1.56 bits per heavy atom. The number of carbonyl (C=O) groups excluding carboxylic acids is 2. The molecular formula is C21H21F3N2O5S. The van der Waals surface area contributed by atoms with Gasteiger partial charge < -0.3 is 9.64 Å². The SMILES string of the molecule is CCOC(=O)c1ccc(S(=O)(=O)N2CCN(C(=O)c3ccccc3C(F)(F)F)CC2)cc1. The van der Waals surface area contributed by atoms with Crippen LogP contribution in [0.4, 0.5) is 13.2 Å². The number of benzene rings is 2. The monoisotopic (exact) mass is 470 g/mol. The van der Waals surface area contributed by atoms with Crippen molar-refractivity contribution in [1.82, 2.24) is 9.21 Å². The maximum atomic E-state index is 13.2. The van der Waals surface area contributed by atoms with Gasteiger partial charge in [-0.2, -0.15) is 17.5 Å². The van der Waals surface area contributed by atoms with E-state index in [9.17, 15) is 31.2 Å². The minimum absolute atomic E-state index is 0.0345. The van der Waals surface area contributed by atoms with E-state index in [2.05, 4.69) is 0 Å². The predicted molar refractivity (Wildman–Crippen MR) is 109 cm³/mol. The zero-order valence-corrected chi connectivity index (χ0v) is 17.9. The van der Waals surface area contributed by atoms with E-state index < -0.39 is 39.2 Å². The van der Waals surface area contributed by atoms with Gasteiger partial charge in [-0.3, -0.25) is 4.79 Å². The number of hydrogen-bond donors (Lipinski definition) is 0. The number of amides is 1. The van der Waals surface area contributed by atoms with Gasteiger partial charge >= 0.3 is 12.1 Å². The van der Waals surface area contributed by atoms with Gasteiger partial charge in [-0.05, 0) is 43.3 Å². The van der Waals surface area contributed by atoms with Crippen LogP contribution in [0, 0.1) is 0 Å². The first-order valence-electron chi connectivity index (χ1n) is 9.78. The molecule has 7 nitrogen and oxygen atoms in total. The molecule has 0 aliphatic carbocycles. The number of esters is 1. The van der Waals surface area contributed by atoms with E-state index in [0.29, 0.717) is 0 Å². The summed E-state index contributed by atoms with van der Waals surface area (Å²) in [6.45, 7) is 1.61. The fourth-order valence-electron chi connectivity index (χ4n) is 3.35. The maximum absolute atomic E-state index is 13.2. The lowest BCUT2D eigenvalue weighted by molar-refractivity contribution is -0.138. The van der Waals surface area contributed by atoms with Gasteiger partial charge in [-0.15, -0.1) is 0 Å². The zero-order chi connectivity index (χ0) is 23.5. The van der Waals surface area contributed by atoms with Crippen LogP contribution in [0.5, 0.6) is 0 Å². The summed E-state index contributed by atoms with van der Waals surface area (Å²) >= 11 is 0. The molecule has 1 saturated heterocycles. The predicted octanol–water partition coefficient (Wildman–Crippen LogP) is 3.03. The van der Waals surface area contributed by atoms with Crippen LogP contribution in [0.1, 0.15) is 33.2 Å². The van der Waals surface area contributed by atoms with Gasteiger partial charge in [0.2, 0.25) is 10.0 Å². The molecule has 3 rings (SSSR count). The highest BCUT2D eigenvalue weighted by molar-refractivity contribution is 7.89. The van der Waals surface area contributed by atoms with Gasteiger partial charge in [0, 0.05) is 26.2 Å². The molecule has 172 valence electrons. The number of halogens is 3. The van der Waals surface area contributed by atoms with Gasteiger partial charge in [0.15, 0.2) is 0 Å². The second kappa shape index (κ2) is 9.29. The minimum atomic E-state index is -4.67. The average molecular weight is 470 g/mol. The van der Waals surface area contributed by atoms with E-state index in [1.54, 1.807) is 6.92 Å². The average Bonchev–Trinajstić information content (AvgIpc) is 2.78. The van der Waals surface area contributed by atoms with E-state index >= 15 is 0 Å². The van der Waals surface area contributed by atoms with Crippen molar-refractivity contribution in [3.63, 3.8) is 0 Å². The largest absolute Gasteiger partial charge is 0.462 e. The molecule has 0 unspecified atom stereocenters. The summed E-state index contributed by atoms with van der Waals surface area (Å²) in [5, 5.41) is 0. The lowest BCUT2D eigenvalue weighted by Gasteiger charge is -2.34. The first kappa shape index (κ1) is 23.7. The molecule has 0 saturated carbocycles. The van der Waals surface area contributed by atoms with Gasteiger partial charge in [0.25, 0.3) is 5.91 Å². The summed E-state index contributed by atoms with van der Waals surface area (Å²) in [5.41, 5.74) is -1.28. The topological polar surface area (TPSA) is 84.0 Å². The Kier molecular flexibility index (Phi) is 6.89. The second-order valence-electron chi connectivity index (χ2n) is 6.98. The Morgan fingerprint density at radius 1 is 0.969 bits per heavy atom. The van der Waals surface area contributed by atoms with Gasteiger partial charge in [-0.25, -0.2) is 13.2 Å². The van der Waals surface area contributed by atoms with E-state index in [1.165, 1.54) is 41.3 Å². The molecule has 1 aliphatic rings. The number of carbonyl (C=O) groups is 2. The third-order valence-electron chi connectivity index (χ3n) is 4.99. The smallest absolute Gasteiger partial charge is 0.417 e. The van der Waals surface area contributed by atoms with E-state index in [-0.39, 0.29) is 43.2 Å². The Morgan fingerprint density at radius 3 is 2.12 bits per heavy atom. The van der Waals surface area contributed by atoms with E-state index in [1.807, 2.05) is 0 Å². The Hall–Kier alpha value is -2.92. The van der Waals surface area contributed by atoms with Crippen molar-refractivity contribution in [2.45, 2.75) is 18.0 Å². The summed E-state index contributed by atoms with van der Waals surface area (Å²) in [5.74, 6) is -1.36. The fraction of sp³-hybridized carbons (Fsp3) is 0.333. The standard InChI is InChI=1S/C21H21F3N2O5S/c1-2-31-20(28)15-7-9-16(10-8-15)32(29,30)26-13-11-25(12-14-26)19(27)17-5-3-4-6-18(17)21(22,23)24/h3-10H,2,11-14H2,1H3. The molecule has 0 atom stereocenters. The van der Waals surface area contributed by atoms with Crippen molar-refractivity contribution >= 4 is 21.9 Å². The van der Waals surface area contributed by atoms with Crippen LogP contribution < -0.4 is 0 Å². The van der Waals surface area contributed by atoms with Crippen molar-refractivity contribution in [3.05, 3.63) is 65.2 Å². The summed E-state index contributed by atoms with van der Waals surface area (Å²) in [6, 6.07) is 9.78. The second-order valence-corrected chi connectivity index (χ2v) is 8.92. The number of ether oxygens (including phenoxy) is 1. The van der Waals surface area contributed by atoms with Gasteiger partial charge in [0.05, 0.1) is 28.2 Å². The molecule has 1 aliphatic heterocycles. The Balaban J connectivity index is 1.70. The molecule has 11 heteroatoms. The number of piperazine rings is 1. The first-order chi connectivity index (χ1) is 15.1. The minimum Gasteiger partial charge on any atom is -0.462 e. The molecule has 0 aromatic heterocycles. The number of alkyl halides is 3. The highest BCUT2D eigenvalue weighted by Crippen LogP contribution is 2.32. The van der Waals surface area contributed by atoms with Crippen LogP contribution in [0.3, 0.4) is 0 Å². The molecule has 1 fully saturated rings. The maximum Gasteiger partial charge on any atom is 0.417 e. The molecule has 2 aromatic carbocycles. The fourth-order valence-corrected chi connectivity index (χ4v) is 4.77. The Labute approximate surface area is 183 Å². The van der Waals surface area contributed by atoms with Gasteiger partial charge in [0.1, 0.15) is 0 Å². The summed E-state index contributed by atoms with van der Waals surface area (Å²) in [6.07, 6.45) is -4.67. The third-order valence-corrected chi connectivity index (χ3v) is 6.90. The van der Waals surface area contributed by atoms with Crippen LogP contribution in [-0.4, -0.2) is 62.3 Å². The van der Waals surface area contributed by atoms with Crippen LogP contribution >= 0.6 is 0 Å². The van der Waals surface area contributed by atoms with Crippen LogP contribution in [0.15, 0.2) is 53.4 Å². The number of hydrogen-bond acceptors (Lipinski definition) is 5. The number of sulfonamides is 1. The first-order valence-corrected chi connectivity index (χ1v) is 11.2. The normalized spacial score (nSPS) is 15.4. The highest BCUT2D eigenvalue weighted by Gasteiger charge is 2.37. The van der Waals surface area contributed by atoms with E-state index in [0.717, 1.165) is 16.4 Å². The molecule has 1 amide bonds. The molecule has 0 N–H and O–H groups in total. The van der Waals surface area contributed by atoms with Crippen molar-refractivity contribution < 1.29 is 35.9 Å². The molecule has 32 heavy (non-hydrogen) atoms. The quantitative estimate of drug-likeness (QED) is 0.628. The molecule has 2 aromatic rings. The number of nitrogens with zero attached hydrogens (tertiary/aromatic N) is 2. The summed E-state index contributed by atoms with van der Waals surface area (Å²) in [4.78, 5) is 25.6. The van der Waals surface area contributed by atoms with Gasteiger partial charge in [-0.1, -0.05) is 12.1 Å². The molecule has 1 heterocycles. The van der Waals surface area contributed by atoms with Crippen LogP contribution in [-0.2, 0) is 20.9 Å². The van der Waals surface area contributed by atoms with E-state index in [4.69, 9.17) is 4.74 Å². The highest BCUT2D eigenvalue weighted by atomic mass is 32.2. The van der Waals surface area contributed by atoms with Crippen molar-refractivity contribution in [2.24, 2.45) is 0 Å². The molecule has 0 bridgehead atoms. The molecular weight excluding hydrogens is 449 g/mol. The van der Waals surface area contributed by atoms with Crippen LogP contribution in [0.2, 0.25) is 0 Å². The lowest BCUT2D eigenvalue weighted by Crippen LogP contribution is -2.50. The van der Waals surface area contributed by atoms with Crippen molar-refractivity contribution in [2.75, 3.05) is 32.8 Å². The summed E-state index contributed by atoms with van der Waals surface area (Å²) < 4.78 is 71.4. The van der Waals surface area contributed by atoms with Crippen LogP contribution in [0.25, 0.3) is 0 Å². The molecule has 0 radical (unpaired) electrons. The third kappa shape index (κ3) is 4.94. The zero-order valence-electron chi connectivity index (χ0n) is 17.1. The molecule has 0 spiro atoms. The Bertz CT molecular complexity index is 1090. The number of rotatable bonds is 5. The van der Waals surface area contributed by atoms with Crippen molar-refractivity contribution in [1.29, 1.82) is 0 Å². The summed E-state index contributed by atoms with van der Waals surface area (Å²) in [7, 11) is -3.90. The lowest BCUT2D eigenvalue weighted by atomic mass is 10.1. The van der Waals surface area contributed by atoms with Crippen molar-refractivity contribution in [3.8, 4) is 0 Å².